The number of anilines is 2. The molecular weight excluding hydrogens is 388 g/mol. The number of nitrogens with one attached hydrogen (secondary N) is 1. The number of rotatable bonds is 8. The molecule has 3 aromatic carbocycles. The van der Waals surface area contributed by atoms with Crippen LogP contribution in [0.2, 0.25) is 0 Å². The summed E-state index contributed by atoms with van der Waals surface area (Å²) in [5.74, 6) is 0.643. The molecule has 5 nitrogen and oxygen atoms in total. The molecule has 0 saturated heterocycles. The largest absolute Gasteiger partial charge is 0.483 e. The first-order valence-electron chi connectivity index (χ1n) is 10.4. The number of ether oxygens (including phenoxy) is 1. The normalized spacial score (nSPS) is 11.5. The maximum atomic E-state index is 12.8. The van der Waals surface area contributed by atoms with Crippen molar-refractivity contribution in [1.82, 2.24) is 0 Å². The van der Waals surface area contributed by atoms with Crippen LogP contribution in [0.1, 0.15) is 42.1 Å². The monoisotopic (exact) mass is 416 g/mol. The Kier molecular flexibility index (Phi) is 7.44. The Morgan fingerprint density at radius 3 is 2.42 bits per heavy atom. The highest BCUT2D eigenvalue weighted by Crippen LogP contribution is 2.28. The number of hydrogen-bond acceptors (Lipinski definition) is 3. The van der Waals surface area contributed by atoms with E-state index in [-0.39, 0.29) is 18.4 Å². The summed E-state index contributed by atoms with van der Waals surface area (Å²) in [6.07, 6.45) is 0.991. The predicted octanol–water partition coefficient (Wildman–Crippen LogP) is 5.49. The molecule has 0 aliphatic carbocycles. The molecule has 0 saturated carbocycles. The number of nitrogens with zero attached hydrogens (tertiary/aromatic N) is 1. The van der Waals surface area contributed by atoms with Crippen molar-refractivity contribution in [2.24, 2.45) is 0 Å². The van der Waals surface area contributed by atoms with Crippen molar-refractivity contribution in [3.05, 3.63) is 90.0 Å². The SMILES string of the molecule is CCC(C)c1ccccc1OCC(=O)Nc1cccc(C(=O)N(C)c2ccccc2)c1. The summed E-state index contributed by atoms with van der Waals surface area (Å²) in [7, 11) is 1.73. The fourth-order valence-electron chi connectivity index (χ4n) is 3.27. The number of carbonyl (C=O) groups excluding carboxylic acids is 2. The minimum atomic E-state index is -0.278. The molecule has 0 aliphatic rings. The van der Waals surface area contributed by atoms with Gasteiger partial charge >= 0.3 is 0 Å². The number of benzene rings is 3. The van der Waals surface area contributed by atoms with Crippen molar-refractivity contribution in [3.8, 4) is 5.75 Å². The zero-order chi connectivity index (χ0) is 22.2. The molecule has 31 heavy (non-hydrogen) atoms. The molecular formula is C26H28N2O3. The van der Waals surface area contributed by atoms with Gasteiger partial charge in [-0.05, 0) is 54.3 Å². The molecule has 0 aliphatic heterocycles. The van der Waals surface area contributed by atoms with Crippen LogP contribution in [0.3, 0.4) is 0 Å². The number of amides is 2. The molecule has 1 unspecified atom stereocenters. The molecule has 160 valence electrons. The molecule has 3 aromatic rings. The van der Waals surface area contributed by atoms with Crippen molar-refractivity contribution in [3.63, 3.8) is 0 Å². The van der Waals surface area contributed by atoms with Gasteiger partial charge < -0.3 is 15.0 Å². The molecule has 1 atom stereocenters. The Bertz CT molecular complexity index is 1030. The van der Waals surface area contributed by atoms with Crippen LogP contribution in [0, 0.1) is 0 Å². The fraction of sp³-hybridized carbons (Fsp3) is 0.231. The summed E-state index contributed by atoms with van der Waals surface area (Å²) in [5, 5.41) is 2.81. The first kappa shape index (κ1) is 22.1. The van der Waals surface area contributed by atoms with Crippen LogP contribution in [0.25, 0.3) is 0 Å². The van der Waals surface area contributed by atoms with Gasteiger partial charge in [-0.25, -0.2) is 0 Å². The van der Waals surface area contributed by atoms with E-state index >= 15 is 0 Å². The van der Waals surface area contributed by atoms with Gasteiger partial charge in [0.15, 0.2) is 6.61 Å². The molecule has 5 heteroatoms. The van der Waals surface area contributed by atoms with Crippen LogP contribution in [0.5, 0.6) is 5.75 Å². The molecule has 0 bridgehead atoms. The molecule has 1 N–H and O–H groups in total. The van der Waals surface area contributed by atoms with E-state index in [9.17, 15) is 9.59 Å². The second kappa shape index (κ2) is 10.4. The molecule has 0 radical (unpaired) electrons. The highest BCUT2D eigenvalue weighted by atomic mass is 16.5. The summed E-state index contributed by atoms with van der Waals surface area (Å²) in [6, 6.07) is 24.1. The van der Waals surface area contributed by atoms with Crippen molar-refractivity contribution < 1.29 is 14.3 Å². The number of hydrogen-bond donors (Lipinski definition) is 1. The lowest BCUT2D eigenvalue weighted by molar-refractivity contribution is -0.118. The van der Waals surface area contributed by atoms with Gasteiger partial charge in [-0.1, -0.05) is 56.3 Å². The number of para-hydroxylation sites is 2. The molecule has 0 heterocycles. The lowest BCUT2D eigenvalue weighted by atomic mass is 9.98. The van der Waals surface area contributed by atoms with E-state index in [2.05, 4.69) is 19.2 Å². The lowest BCUT2D eigenvalue weighted by Gasteiger charge is -2.18. The summed E-state index contributed by atoms with van der Waals surface area (Å²) in [6.45, 7) is 4.16. The van der Waals surface area contributed by atoms with E-state index < -0.39 is 0 Å². The topological polar surface area (TPSA) is 58.6 Å². The number of carbonyl (C=O) groups is 2. The summed E-state index contributed by atoms with van der Waals surface area (Å²) < 4.78 is 5.78. The first-order valence-corrected chi connectivity index (χ1v) is 10.4. The Morgan fingerprint density at radius 1 is 0.968 bits per heavy atom. The third-order valence-electron chi connectivity index (χ3n) is 5.26. The van der Waals surface area contributed by atoms with E-state index in [1.165, 1.54) is 0 Å². The van der Waals surface area contributed by atoms with Gasteiger partial charge in [-0.3, -0.25) is 9.59 Å². The minimum absolute atomic E-state index is 0.102. The Labute approximate surface area is 183 Å². The van der Waals surface area contributed by atoms with Crippen LogP contribution in [-0.4, -0.2) is 25.5 Å². The quantitative estimate of drug-likeness (QED) is 0.528. The highest BCUT2D eigenvalue weighted by Gasteiger charge is 2.15. The highest BCUT2D eigenvalue weighted by molar-refractivity contribution is 6.06. The lowest BCUT2D eigenvalue weighted by Crippen LogP contribution is -2.26. The minimum Gasteiger partial charge on any atom is -0.483 e. The zero-order valence-electron chi connectivity index (χ0n) is 18.2. The van der Waals surface area contributed by atoms with E-state index in [4.69, 9.17) is 4.74 Å². The standard InChI is InChI=1S/C26H28N2O3/c1-4-19(2)23-15-8-9-16-24(23)31-18-25(29)27-21-12-10-11-20(17-21)26(30)28(3)22-13-6-5-7-14-22/h5-17,19H,4,18H2,1-3H3,(H,27,29). The van der Waals surface area contributed by atoms with E-state index in [1.54, 1.807) is 36.2 Å². The zero-order valence-corrected chi connectivity index (χ0v) is 18.2. The van der Waals surface area contributed by atoms with Crippen molar-refractivity contribution >= 4 is 23.2 Å². The van der Waals surface area contributed by atoms with Crippen molar-refractivity contribution in [1.29, 1.82) is 0 Å². The third kappa shape index (κ3) is 5.72. The Hall–Kier alpha value is -3.60. The van der Waals surface area contributed by atoms with Crippen molar-refractivity contribution in [2.75, 3.05) is 23.9 Å². The van der Waals surface area contributed by atoms with E-state index in [0.717, 1.165) is 23.4 Å². The Balaban J connectivity index is 1.63. The maximum Gasteiger partial charge on any atom is 0.262 e. The van der Waals surface area contributed by atoms with Gasteiger partial charge in [-0.2, -0.15) is 0 Å². The van der Waals surface area contributed by atoms with Crippen LogP contribution >= 0.6 is 0 Å². The molecule has 0 spiro atoms. The fourth-order valence-corrected chi connectivity index (χ4v) is 3.27. The van der Waals surface area contributed by atoms with Crippen LogP contribution < -0.4 is 15.0 Å². The average molecular weight is 417 g/mol. The average Bonchev–Trinajstić information content (AvgIpc) is 2.82. The van der Waals surface area contributed by atoms with E-state index in [0.29, 0.717) is 17.2 Å². The van der Waals surface area contributed by atoms with Gasteiger partial charge in [0, 0.05) is 24.0 Å². The van der Waals surface area contributed by atoms with Crippen LogP contribution in [0.15, 0.2) is 78.9 Å². The van der Waals surface area contributed by atoms with Gasteiger partial charge in [0.1, 0.15) is 5.75 Å². The van der Waals surface area contributed by atoms with Crippen LogP contribution in [-0.2, 0) is 4.79 Å². The van der Waals surface area contributed by atoms with Gasteiger partial charge in [0.05, 0.1) is 0 Å². The van der Waals surface area contributed by atoms with Crippen molar-refractivity contribution in [2.45, 2.75) is 26.2 Å². The first-order chi connectivity index (χ1) is 15.0. The third-order valence-corrected chi connectivity index (χ3v) is 5.26. The van der Waals surface area contributed by atoms with Gasteiger partial charge in [-0.15, -0.1) is 0 Å². The second-order valence-electron chi connectivity index (χ2n) is 7.46. The van der Waals surface area contributed by atoms with Gasteiger partial charge in [0.2, 0.25) is 0 Å². The Morgan fingerprint density at radius 2 is 1.68 bits per heavy atom. The van der Waals surface area contributed by atoms with E-state index in [1.807, 2.05) is 54.6 Å². The summed E-state index contributed by atoms with van der Waals surface area (Å²) >= 11 is 0. The molecule has 2 amide bonds. The van der Waals surface area contributed by atoms with Gasteiger partial charge in [0.25, 0.3) is 11.8 Å². The predicted molar refractivity (Wildman–Crippen MR) is 125 cm³/mol. The summed E-state index contributed by atoms with van der Waals surface area (Å²) in [5.41, 5.74) is 2.94. The maximum absolute atomic E-state index is 12.8. The molecule has 3 rings (SSSR count). The van der Waals surface area contributed by atoms with Crippen LogP contribution in [0.4, 0.5) is 11.4 Å². The smallest absolute Gasteiger partial charge is 0.262 e. The second-order valence-corrected chi connectivity index (χ2v) is 7.46. The molecule has 0 fully saturated rings. The summed E-state index contributed by atoms with van der Waals surface area (Å²) in [4.78, 5) is 26.8. The molecule has 0 aromatic heterocycles.